The van der Waals surface area contributed by atoms with Gasteiger partial charge in [0, 0.05) is 36.4 Å². The highest BCUT2D eigenvalue weighted by molar-refractivity contribution is 5.87. The van der Waals surface area contributed by atoms with Crippen LogP contribution in [0.15, 0.2) is 42.7 Å². The summed E-state index contributed by atoms with van der Waals surface area (Å²) in [6.07, 6.45) is 2.75. The lowest BCUT2D eigenvalue weighted by atomic mass is 10.0. The largest absolute Gasteiger partial charge is 0.461 e. The Kier molecular flexibility index (Phi) is 6.30. The fourth-order valence-corrected chi connectivity index (χ4v) is 3.89. The lowest BCUT2D eigenvalue weighted by Gasteiger charge is -2.07. The van der Waals surface area contributed by atoms with E-state index < -0.39 is 5.97 Å². The predicted octanol–water partition coefficient (Wildman–Crippen LogP) is 3.84. The zero-order chi connectivity index (χ0) is 23.5. The first-order valence-electron chi connectivity index (χ1n) is 10.8. The summed E-state index contributed by atoms with van der Waals surface area (Å²) in [5, 5.41) is 9.07. The summed E-state index contributed by atoms with van der Waals surface area (Å²) in [5.41, 5.74) is 5.62. The van der Waals surface area contributed by atoms with Crippen LogP contribution in [0.1, 0.15) is 47.0 Å². The van der Waals surface area contributed by atoms with E-state index in [-0.39, 0.29) is 18.1 Å². The van der Waals surface area contributed by atoms with Gasteiger partial charge in [-0.2, -0.15) is 10.2 Å². The predicted molar refractivity (Wildman–Crippen MR) is 121 cm³/mol. The summed E-state index contributed by atoms with van der Waals surface area (Å²) in [6.45, 7) is 5.96. The molecule has 0 atom stereocenters. The topological polar surface area (TPSA) is 87.7 Å². The Morgan fingerprint density at radius 3 is 2.55 bits per heavy atom. The normalized spacial score (nSPS) is 11.1. The zero-order valence-corrected chi connectivity index (χ0v) is 19.0. The van der Waals surface area contributed by atoms with Crippen LogP contribution in [0.5, 0.6) is 0 Å². The van der Waals surface area contributed by atoms with Crippen molar-refractivity contribution in [2.45, 2.75) is 33.6 Å². The van der Waals surface area contributed by atoms with Gasteiger partial charge in [-0.15, -0.1) is 0 Å². The molecule has 8 nitrogen and oxygen atoms in total. The summed E-state index contributed by atoms with van der Waals surface area (Å²) in [4.78, 5) is 20.8. The van der Waals surface area contributed by atoms with Crippen molar-refractivity contribution in [3.8, 4) is 17.1 Å². The Morgan fingerprint density at radius 2 is 1.85 bits per heavy atom. The summed E-state index contributed by atoms with van der Waals surface area (Å²) in [5.74, 6) is -0.184. The number of nitrogens with zero attached hydrogens (tertiary/aromatic N) is 6. The molecule has 0 bridgehead atoms. The molecule has 0 N–H and O–H groups in total. The van der Waals surface area contributed by atoms with E-state index in [1.807, 2.05) is 24.7 Å². The molecule has 0 aliphatic carbocycles. The van der Waals surface area contributed by atoms with Gasteiger partial charge >= 0.3 is 5.97 Å². The molecule has 1 aromatic carbocycles. The third-order valence-corrected chi connectivity index (χ3v) is 5.35. The van der Waals surface area contributed by atoms with Crippen molar-refractivity contribution >= 4 is 5.97 Å². The van der Waals surface area contributed by atoms with E-state index in [1.54, 1.807) is 29.8 Å². The van der Waals surface area contributed by atoms with Gasteiger partial charge in [-0.25, -0.2) is 23.8 Å². The van der Waals surface area contributed by atoms with Crippen LogP contribution in [0.2, 0.25) is 0 Å². The molecule has 4 aromatic rings. The third-order valence-electron chi connectivity index (χ3n) is 5.35. The first kappa shape index (κ1) is 22.3. The maximum absolute atomic E-state index is 13.4. The quantitative estimate of drug-likeness (QED) is 0.399. The molecular weight excluding hydrogens is 423 g/mol. The van der Waals surface area contributed by atoms with Crippen LogP contribution in [-0.4, -0.2) is 42.1 Å². The van der Waals surface area contributed by atoms with Gasteiger partial charge in [-0.1, -0.05) is 6.92 Å². The number of carbonyl (C=O) groups excluding carboxylic acids is 1. The van der Waals surface area contributed by atoms with E-state index >= 15 is 0 Å². The average molecular weight is 449 g/mol. The number of aromatic nitrogens is 6. The average Bonchev–Trinajstić information content (AvgIpc) is 3.34. The molecule has 170 valence electrons. The fourth-order valence-electron chi connectivity index (χ4n) is 3.89. The van der Waals surface area contributed by atoms with E-state index in [0.717, 1.165) is 40.3 Å². The van der Waals surface area contributed by atoms with Crippen molar-refractivity contribution in [3.63, 3.8) is 0 Å². The number of esters is 1. The number of carbonyl (C=O) groups is 1. The molecule has 0 amide bonds. The molecule has 3 heterocycles. The first-order chi connectivity index (χ1) is 15.9. The van der Waals surface area contributed by atoms with Crippen LogP contribution < -0.4 is 0 Å². The van der Waals surface area contributed by atoms with Gasteiger partial charge in [0.1, 0.15) is 12.1 Å². The Balaban J connectivity index is 1.65. The van der Waals surface area contributed by atoms with Crippen molar-refractivity contribution in [3.05, 3.63) is 76.9 Å². The Hall–Kier alpha value is -3.88. The van der Waals surface area contributed by atoms with Gasteiger partial charge in [0.2, 0.25) is 0 Å². The van der Waals surface area contributed by atoms with Crippen LogP contribution in [0, 0.1) is 12.7 Å². The van der Waals surface area contributed by atoms with E-state index in [2.05, 4.69) is 22.0 Å². The summed E-state index contributed by atoms with van der Waals surface area (Å²) >= 11 is 0. The second-order valence-electron chi connectivity index (χ2n) is 7.61. The molecule has 0 radical (unpaired) electrons. The molecular formula is C24H25FN6O2. The molecule has 0 spiro atoms. The molecule has 0 saturated carbocycles. The number of hydrogen-bond acceptors (Lipinski definition) is 6. The van der Waals surface area contributed by atoms with Crippen molar-refractivity contribution in [2.24, 2.45) is 7.05 Å². The van der Waals surface area contributed by atoms with Crippen LogP contribution in [0.3, 0.4) is 0 Å². The van der Waals surface area contributed by atoms with Gasteiger partial charge in [0.25, 0.3) is 0 Å². The van der Waals surface area contributed by atoms with Crippen molar-refractivity contribution in [2.75, 3.05) is 6.61 Å². The van der Waals surface area contributed by atoms with Gasteiger partial charge in [-0.05, 0) is 50.6 Å². The monoisotopic (exact) mass is 448 g/mol. The number of rotatable bonds is 7. The lowest BCUT2D eigenvalue weighted by molar-refractivity contribution is 0.0519. The van der Waals surface area contributed by atoms with Gasteiger partial charge in [0.15, 0.2) is 11.5 Å². The highest BCUT2D eigenvalue weighted by atomic mass is 19.1. The van der Waals surface area contributed by atoms with Crippen molar-refractivity contribution in [1.29, 1.82) is 0 Å². The fraction of sp³-hybridized carbons (Fsp3) is 0.292. The second kappa shape index (κ2) is 9.32. The van der Waals surface area contributed by atoms with E-state index in [9.17, 15) is 9.18 Å². The maximum Gasteiger partial charge on any atom is 0.358 e. The molecule has 33 heavy (non-hydrogen) atoms. The molecule has 9 heteroatoms. The number of hydrogen-bond donors (Lipinski definition) is 0. The maximum atomic E-state index is 13.4. The molecule has 3 aromatic heterocycles. The van der Waals surface area contributed by atoms with E-state index in [0.29, 0.717) is 12.2 Å². The minimum Gasteiger partial charge on any atom is -0.461 e. The van der Waals surface area contributed by atoms with Gasteiger partial charge in [-0.3, -0.25) is 4.68 Å². The van der Waals surface area contributed by atoms with E-state index in [4.69, 9.17) is 9.84 Å². The lowest BCUT2D eigenvalue weighted by Crippen LogP contribution is -2.08. The van der Waals surface area contributed by atoms with Crippen molar-refractivity contribution < 1.29 is 13.9 Å². The molecule has 0 unspecified atom stereocenters. The first-order valence-corrected chi connectivity index (χ1v) is 10.8. The zero-order valence-electron chi connectivity index (χ0n) is 19.0. The third kappa shape index (κ3) is 4.52. The molecule has 0 aliphatic heterocycles. The summed E-state index contributed by atoms with van der Waals surface area (Å²) < 4.78 is 21.9. The molecule has 0 aliphatic rings. The van der Waals surface area contributed by atoms with Gasteiger partial charge < -0.3 is 4.74 Å². The molecule has 0 saturated heterocycles. The second-order valence-corrected chi connectivity index (χ2v) is 7.61. The van der Waals surface area contributed by atoms with Crippen LogP contribution >= 0.6 is 0 Å². The summed E-state index contributed by atoms with van der Waals surface area (Å²) in [6, 6.07) is 9.94. The highest BCUT2D eigenvalue weighted by Crippen LogP contribution is 2.28. The summed E-state index contributed by atoms with van der Waals surface area (Å²) in [7, 11) is 1.89. The Bertz CT molecular complexity index is 1290. The number of halogens is 1. The van der Waals surface area contributed by atoms with Crippen LogP contribution in [0.25, 0.3) is 17.1 Å². The number of benzene rings is 1. The SMILES string of the molecule is CCOC(=O)c1cc(C)n(-c2cc(Cc3nn(C)c(-c4ccc(F)cc4)c3CC)ncn2)n1. The van der Waals surface area contributed by atoms with Crippen LogP contribution in [0.4, 0.5) is 4.39 Å². The minimum absolute atomic E-state index is 0.233. The minimum atomic E-state index is -0.469. The Morgan fingerprint density at radius 1 is 1.09 bits per heavy atom. The molecule has 0 fully saturated rings. The van der Waals surface area contributed by atoms with Gasteiger partial charge in [0.05, 0.1) is 23.7 Å². The Labute approximate surface area is 191 Å². The number of aryl methyl sites for hydroxylation is 2. The smallest absolute Gasteiger partial charge is 0.358 e. The molecule has 4 rings (SSSR count). The number of ether oxygens (including phenoxy) is 1. The van der Waals surface area contributed by atoms with Crippen LogP contribution in [-0.2, 0) is 24.6 Å². The highest BCUT2D eigenvalue weighted by Gasteiger charge is 2.19. The van der Waals surface area contributed by atoms with Crippen molar-refractivity contribution in [1.82, 2.24) is 29.5 Å². The van der Waals surface area contributed by atoms with E-state index in [1.165, 1.54) is 18.5 Å². The standard InChI is InChI=1S/C24H25FN6O2/c1-5-19-20(28-30(4)23(19)16-7-9-17(25)10-8-16)12-18-13-22(27-14-26-18)31-15(3)11-21(29-31)24(32)33-6-2/h7-11,13-14H,5-6,12H2,1-4H3.